The SMILES string of the molecule is Cc1cccc([C@H]2c3cc(O[C@H](C)C(=O)Nc4ccc(F)cc4)ccc3CCN2C(=O)C2CC2)c1. The molecule has 5 rings (SSSR count). The maximum absolute atomic E-state index is 13.2. The molecule has 6 heteroatoms. The molecule has 2 atom stereocenters. The lowest BCUT2D eigenvalue weighted by Gasteiger charge is -2.38. The van der Waals surface area contributed by atoms with E-state index in [4.69, 9.17) is 4.74 Å². The molecule has 35 heavy (non-hydrogen) atoms. The van der Waals surface area contributed by atoms with Crippen LogP contribution in [0, 0.1) is 18.7 Å². The molecular weight excluding hydrogens is 443 g/mol. The molecule has 180 valence electrons. The second-order valence-corrected chi connectivity index (χ2v) is 9.49. The van der Waals surface area contributed by atoms with E-state index >= 15 is 0 Å². The van der Waals surface area contributed by atoms with Gasteiger partial charge in [-0.05, 0) is 86.2 Å². The van der Waals surface area contributed by atoms with Crippen molar-refractivity contribution in [2.45, 2.75) is 45.3 Å². The Morgan fingerprint density at radius 1 is 1.06 bits per heavy atom. The van der Waals surface area contributed by atoms with E-state index in [2.05, 4.69) is 30.4 Å². The van der Waals surface area contributed by atoms with Crippen molar-refractivity contribution in [2.24, 2.45) is 5.92 Å². The van der Waals surface area contributed by atoms with Gasteiger partial charge in [-0.15, -0.1) is 0 Å². The molecule has 0 saturated heterocycles. The third-order valence-corrected chi connectivity index (χ3v) is 6.71. The van der Waals surface area contributed by atoms with E-state index in [1.54, 1.807) is 6.92 Å². The zero-order chi connectivity index (χ0) is 24.5. The first-order valence-electron chi connectivity index (χ1n) is 12.1. The first-order chi connectivity index (χ1) is 16.9. The van der Waals surface area contributed by atoms with Crippen molar-refractivity contribution in [1.82, 2.24) is 4.90 Å². The number of amides is 2. The summed E-state index contributed by atoms with van der Waals surface area (Å²) >= 11 is 0. The predicted octanol–water partition coefficient (Wildman–Crippen LogP) is 5.42. The summed E-state index contributed by atoms with van der Waals surface area (Å²) in [6, 6.07) is 19.6. The third kappa shape index (κ3) is 5.06. The summed E-state index contributed by atoms with van der Waals surface area (Å²) in [5, 5.41) is 2.75. The first kappa shape index (κ1) is 23.1. The van der Waals surface area contributed by atoms with Gasteiger partial charge in [0.2, 0.25) is 5.91 Å². The van der Waals surface area contributed by atoms with Crippen molar-refractivity contribution in [1.29, 1.82) is 0 Å². The maximum Gasteiger partial charge on any atom is 0.265 e. The van der Waals surface area contributed by atoms with Crippen LogP contribution < -0.4 is 10.1 Å². The fourth-order valence-electron chi connectivity index (χ4n) is 4.70. The molecule has 0 unspecified atom stereocenters. The average molecular weight is 473 g/mol. The monoisotopic (exact) mass is 472 g/mol. The molecule has 1 heterocycles. The van der Waals surface area contributed by atoms with Crippen LogP contribution in [0.15, 0.2) is 66.7 Å². The number of hydrogen-bond donors (Lipinski definition) is 1. The molecule has 0 spiro atoms. The predicted molar refractivity (Wildman–Crippen MR) is 133 cm³/mol. The van der Waals surface area contributed by atoms with Crippen LogP contribution in [0.4, 0.5) is 10.1 Å². The molecule has 3 aromatic carbocycles. The fraction of sp³-hybridized carbons (Fsp3) is 0.310. The number of hydrogen-bond acceptors (Lipinski definition) is 3. The summed E-state index contributed by atoms with van der Waals surface area (Å²) in [4.78, 5) is 27.9. The smallest absolute Gasteiger partial charge is 0.265 e. The highest BCUT2D eigenvalue weighted by Gasteiger charge is 2.39. The molecule has 0 bridgehead atoms. The van der Waals surface area contributed by atoms with Crippen molar-refractivity contribution in [2.75, 3.05) is 11.9 Å². The van der Waals surface area contributed by atoms with Gasteiger partial charge in [-0.3, -0.25) is 9.59 Å². The highest BCUT2D eigenvalue weighted by molar-refractivity contribution is 5.94. The quantitative estimate of drug-likeness (QED) is 0.521. The summed E-state index contributed by atoms with van der Waals surface area (Å²) < 4.78 is 19.2. The standard InChI is InChI=1S/C29H29FN2O3/c1-18-4-3-5-22(16-18)27-26-17-25(13-8-20(26)14-15-32(27)29(34)21-6-7-21)35-19(2)28(33)31-24-11-9-23(30)10-12-24/h3-5,8-13,16-17,19,21,27H,6-7,14-15H2,1-2H3,(H,31,33)/t19-,27+/m1/s1. The Morgan fingerprint density at radius 3 is 2.54 bits per heavy atom. The van der Waals surface area contributed by atoms with E-state index in [1.807, 2.05) is 29.2 Å². The summed E-state index contributed by atoms with van der Waals surface area (Å²) in [6.07, 6.45) is 1.96. The summed E-state index contributed by atoms with van der Waals surface area (Å²) in [6.45, 7) is 4.43. The van der Waals surface area contributed by atoms with Gasteiger partial charge >= 0.3 is 0 Å². The third-order valence-electron chi connectivity index (χ3n) is 6.71. The van der Waals surface area contributed by atoms with Crippen molar-refractivity contribution in [3.63, 3.8) is 0 Å². The molecule has 1 fully saturated rings. The minimum atomic E-state index is -0.761. The summed E-state index contributed by atoms with van der Waals surface area (Å²) in [5.41, 5.74) is 4.96. The molecule has 1 aliphatic carbocycles. The van der Waals surface area contributed by atoms with Crippen LogP contribution in [0.3, 0.4) is 0 Å². The van der Waals surface area contributed by atoms with Crippen molar-refractivity contribution >= 4 is 17.5 Å². The lowest BCUT2D eigenvalue weighted by Crippen LogP contribution is -2.41. The Kier molecular flexibility index (Phi) is 6.29. The number of carbonyl (C=O) groups excluding carboxylic acids is 2. The van der Waals surface area contributed by atoms with Crippen LogP contribution in [0.5, 0.6) is 5.75 Å². The number of carbonyl (C=O) groups is 2. The topological polar surface area (TPSA) is 58.6 Å². The Hall–Kier alpha value is -3.67. The summed E-state index contributed by atoms with van der Waals surface area (Å²) in [7, 11) is 0. The van der Waals surface area contributed by atoms with Crippen LogP contribution in [0.1, 0.15) is 48.1 Å². The molecule has 3 aromatic rings. The van der Waals surface area contributed by atoms with Gasteiger partial charge in [-0.1, -0.05) is 35.9 Å². The van der Waals surface area contributed by atoms with E-state index in [0.717, 1.165) is 36.0 Å². The van der Waals surface area contributed by atoms with Crippen LogP contribution in [-0.2, 0) is 16.0 Å². The second-order valence-electron chi connectivity index (χ2n) is 9.49. The number of aryl methyl sites for hydroxylation is 1. The summed E-state index contributed by atoms with van der Waals surface area (Å²) in [5.74, 6) is 0.247. The highest BCUT2D eigenvalue weighted by Crippen LogP contribution is 2.41. The van der Waals surface area contributed by atoms with E-state index in [-0.39, 0.29) is 29.6 Å². The van der Waals surface area contributed by atoms with E-state index in [9.17, 15) is 14.0 Å². The molecule has 2 aliphatic rings. The molecule has 0 aromatic heterocycles. The maximum atomic E-state index is 13.2. The van der Waals surface area contributed by atoms with E-state index in [0.29, 0.717) is 18.0 Å². The lowest BCUT2D eigenvalue weighted by molar-refractivity contribution is -0.134. The lowest BCUT2D eigenvalue weighted by atomic mass is 9.87. The largest absolute Gasteiger partial charge is 0.481 e. The molecule has 2 amide bonds. The van der Waals surface area contributed by atoms with Gasteiger partial charge in [0.05, 0.1) is 6.04 Å². The van der Waals surface area contributed by atoms with Gasteiger partial charge in [0.1, 0.15) is 11.6 Å². The van der Waals surface area contributed by atoms with Gasteiger partial charge in [-0.2, -0.15) is 0 Å². The number of anilines is 1. The Bertz CT molecular complexity index is 1250. The van der Waals surface area contributed by atoms with Crippen LogP contribution >= 0.6 is 0 Å². The Labute approximate surface area is 204 Å². The van der Waals surface area contributed by atoms with Crippen molar-refractivity contribution in [3.8, 4) is 5.75 Å². The number of nitrogens with zero attached hydrogens (tertiary/aromatic N) is 1. The number of rotatable bonds is 6. The second kappa shape index (κ2) is 9.53. The molecule has 5 nitrogen and oxygen atoms in total. The minimum Gasteiger partial charge on any atom is -0.481 e. The van der Waals surface area contributed by atoms with Crippen LogP contribution in [0.25, 0.3) is 0 Å². The van der Waals surface area contributed by atoms with Gasteiger partial charge in [-0.25, -0.2) is 4.39 Å². The van der Waals surface area contributed by atoms with Gasteiger partial charge in [0, 0.05) is 18.2 Å². The molecule has 1 saturated carbocycles. The van der Waals surface area contributed by atoms with Crippen molar-refractivity contribution in [3.05, 3.63) is 94.8 Å². The van der Waals surface area contributed by atoms with Gasteiger partial charge in [0.15, 0.2) is 6.10 Å². The number of benzene rings is 3. The van der Waals surface area contributed by atoms with Crippen molar-refractivity contribution < 1.29 is 18.7 Å². The Morgan fingerprint density at radius 2 is 1.83 bits per heavy atom. The van der Waals surface area contributed by atoms with E-state index in [1.165, 1.54) is 29.8 Å². The highest BCUT2D eigenvalue weighted by atomic mass is 19.1. The number of nitrogens with one attached hydrogen (secondary N) is 1. The first-order valence-corrected chi connectivity index (χ1v) is 12.1. The molecular formula is C29H29FN2O3. The zero-order valence-electron chi connectivity index (χ0n) is 20.0. The van der Waals surface area contributed by atoms with Crippen LogP contribution in [0.2, 0.25) is 0 Å². The fourth-order valence-corrected chi connectivity index (χ4v) is 4.70. The number of halogens is 1. The molecule has 0 radical (unpaired) electrons. The number of ether oxygens (including phenoxy) is 1. The molecule has 1 aliphatic heterocycles. The minimum absolute atomic E-state index is 0.137. The average Bonchev–Trinajstić information content (AvgIpc) is 3.70. The Balaban J connectivity index is 1.40. The normalized spacial score (nSPS) is 17.9. The van der Waals surface area contributed by atoms with Crippen LogP contribution in [-0.4, -0.2) is 29.4 Å². The van der Waals surface area contributed by atoms with E-state index < -0.39 is 6.10 Å². The number of fused-ring (bicyclic) bond motifs is 1. The van der Waals surface area contributed by atoms with Gasteiger partial charge in [0.25, 0.3) is 5.91 Å². The van der Waals surface area contributed by atoms with Gasteiger partial charge < -0.3 is 15.0 Å². The zero-order valence-corrected chi connectivity index (χ0v) is 20.0. The molecule has 1 N–H and O–H groups in total.